The van der Waals surface area contributed by atoms with Crippen molar-refractivity contribution in [3.8, 4) is 0 Å². The van der Waals surface area contributed by atoms with Gasteiger partial charge in [-0.2, -0.15) is 0 Å². The molecule has 0 radical (unpaired) electrons. The van der Waals surface area contributed by atoms with Gasteiger partial charge in [-0.15, -0.1) is 16.4 Å². The molecule has 2 aromatic heterocycles. The lowest BCUT2D eigenvalue weighted by molar-refractivity contribution is 0.0933. The fraction of sp³-hybridized carbons (Fsp3) is 0.625. The van der Waals surface area contributed by atoms with Gasteiger partial charge in [-0.3, -0.25) is 4.79 Å². The van der Waals surface area contributed by atoms with Gasteiger partial charge in [-0.05, 0) is 46.2 Å². The SMILES string of the molecule is CCc1nc([C@@H](C)NC(=O)c2nnn(C3CCNCC3)c2C)cs1. The van der Waals surface area contributed by atoms with Gasteiger partial charge in [0, 0.05) is 5.38 Å². The van der Waals surface area contributed by atoms with Crippen molar-refractivity contribution in [1.29, 1.82) is 0 Å². The summed E-state index contributed by atoms with van der Waals surface area (Å²) in [4.78, 5) is 17.1. The van der Waals surface area contributed by atoms with E-state index in [2.05, 4.69) is 32.9 Å². The standard InChI is InChI=1S/C16H24N6OS/c1-4-14-19-13(9-24-14)10(2)18-16(23)15-11(3)22(21-20-15)12-5-7-17-8-6-12/h9-10,12,17H,4-8H2,1-3H3,(H,18,23)/t10-/m1/s1. The van der Waals surface area contributed by atoms with E-state index < -0.39 is 0 Å². The third-order valence-electron chi connectivity index (χ3n) is 4.46. The van der Waals surface area contributed by atoms with E-state index in [0.29, 0.717) is 11.7 Å². The molecule has 2 aromatic rings. The van der Waals surface area contributed by atoms with Crippen molar-refractivity contribution in [3.63, 3.8) is 0 Å². The van der Waals surface area contributed by atoms with Gasteiger partial charge in [-0.25, -0.2) is 9.67 Å². The molecule has 2 N–H and O–H groups in total. The Labute approximate surface area is 145 Å². The Kier molecular flexibility index (Phi) is 5.25. The Morgan fingerprint density at radius 3 is 2.92 bits per heavy atom. The third kappa shape index (κ3) is 3.49. The Bertz CT molecular complexity index is 703. The molecule has 0 saturated carbocycles. The summed E-state index contributed by atoms with van der Waals surface area (Å²) in [6.07, 6.45) is 2.94. The van der Waals surface area contributed by atoms with Crippen LogP contribution in [0.15, 0.2) is 5.38 Å². The second kappa shape index (κ2) is 7.40. The molecular weight excluding hydrogens is 324 g/mol. The van der Waals surface area contributed by atoms with Crippen LogP contribution < -0.4 is 10.6 Å². The number of rotatable bonds is 5. The van der Waals surface area contributed by atoms with Gasteiger partial charge in [0.2, 0.25) is 0 Å². The monoisotopic (exact) mass is 348 g/mol. The Balaban J connectivity index is 1.69. The number of carbonyl (C=O) groups excluding carboxylic acids is 1. The number of carbonyl (C=O) groups is 1. The fourth-order valence-corrected chi connectivity index (χ4v) is 3.81. The van der Waals surface area contributed by atoms with Gasteiger partial charge in [0.1, 0.15) is 0 Å². The van der Waals surface area contributed by atoms with Crippen molar-refractivity contribution in [2.75, 3.05) is 13.1 Å². The number of hydrogen-bond acceptors (Lipinski definition) is 6. The van der Waals surface area contributed by atoms with Gasteiger partial charge < -0.3 is 10.6 Å². The molecule has 130 valence electrons. The van der Waals surface area contributed by atoms with E-state index in [0.717, 1.165) is 48.7 Å². The highest BCUT2D eigenvalue weighted by atomic mass is 32.1. The van der Waals surface area contributed by atoms with Crippen LogP contribution in [-0.4, -0.2) is 39.0 Å². The molecule has 0 bridgehead atoms. The van der Waals surface area contributed by atoms with Crippen molar-refractivity contribution in [3.05, 3.63) is 27.5 Å². The van der Waals surface area contributed by atoms with Gasteiger partial charge in [-0.1, -0.05) is 12.1 Å². The quantitative estimate of drug-likeness (QED) is 0.863. The highest BCUT2D eigenvalue weighted by Crippen LogP contribution is 2.21. The van der Waals surface area contributed by atoms with Crippen molar-refractivity contribution in [1.82, 2.24) is 30.6 Å². The predicted octanol–water partition coefficient (Wildman–Crippen LogP) is 2.02. The maximum Gasteiger partial charge on any atom is 0.274 e. The Morgan fingerprint density at radius 1 is 1.50 bits per heavy atom. The number of aromatic nitrogens is 4. The average Bonchev–Trinajstić information content (AvgIpc) is 3.22. The topological polar surface area (TPSA) is 84.7 Å². The second-order valence-corrected chi connectivity index (χ2v) is 7.11. The molecule has 7 nitrogen and oxygen atoms in total. The van der Waals surface area contributed by atoms with Crippen molar-refractivity contribution >= 4 is 17.2 Å². The summed E-state index contributed by atoms with van der Waals surface area (Å²) in [5, 5.41) is 17.8. The molecule has 0 aromatic carbocycles. The van der Waals surface area contributed by atoms with Crippen LogP contribution in [0.5, 0.6) is 0 Å². The average molecular weight is 348 g/mol. The number of aryl methyl sites for hydroxylation is 1. The molecule has 1 atom stereocenters. The first-order chi connectivity index (χ1) is 11.6. The minimum absolute atomic E-state index is 0.141. The van der Waals surface area contributed by atoms with E-state index in [1.807, 2.05) is 23.9 Å². The maximum absolute atomic E-state index is 12.6. The van der Waals surface area contributed by atoms with Gasteiger partial charge in [0.15, 0.2) is 5.69 Å². The zero-order valence-electron chi connectivity index (χ0n) is 14.4. The highest BCUT2D eigenvalue weighted by molar-refractivity contribution is 7.09. The lowest BCUT2D eigenvalue weighted by Gasteiger charge is -2.23. The highest BCUT2D eigenvalue weighted by Gasteiger charge is 2.24. The molecule has 1 aliphatic heterocycles. The van der Waals surface area contributed by atoms with E-state index in [4.69, 9.17) is 0 Å². The molecule has 3 rings (SSSR count). The summed E-state index contributed by atoms with van der Waals surface area (Å²) in [6, 6.07) is 0.181. The van der Waals surface area contributed by atoms with Crippen LogP contribution in [0.1, 0.15) is 65.7 Å². The van der Waals surface area contributed by atoms with Crippen LogP contribution in [0.25, 0.3) is 0 Å². The zero-order chi connectivity index (χ0) is 17.1. The number of piperidine rings is 1. The number of thiazole rings is 1. The molecule has 24 heavy (non-hydrogen) atoms. The van der Waals surface area contributed by atoms with E-state index in [-0.39, 0.29) is 11.9 Å². The zero-order valence-corrected chi connectivity index (χ0v) is 15.2. The van der Waals surface area contributed by atoms with Crippen LogP contribution in [0.3, 0.4) is 0 Å². The number of nitrogens with zero attached hydrogens (tertiary/aromatic N) is 4. The van der Waals surface area contributed by atoms with Crippen LogP contribution >= 0.6 is 11.3 Å². The molecular formula is C16H24N6OS. The largest absolute Gasteiger partial charge is 0.342 e. The van der Waals surface area contributed by atoms with E-state index in [1.165, 1.54) is 0 Å². The second-order valence-electron chi connectivity index (χ2n) is 6.16. The third-order valence-corrected chi connectivity index (χ3v) is 5.47. The normalized spacial score (nSPS) is 17.0. The minimum Gasteiger partial charge on any atom is -0.342 e. The fourth-order valence-electron chi connectivity index (χ4n) is 2.97. The summed E-state index contributed by atoms with van der Waals surface area (Å²) in [6.45, 7) is 7.89. The molecule has 1 fully saturated rings. The van der Waals surface area contributed by atoms with Crippen LogP contribution in [0.2, 0.25) is 0 Å². The summed E-state index contributed by atoms with van der Waals surface area (Å²) >= 11 is 1.63. The minimum atomic E-state index is -0.189. The van der Waals surface area contributed by atoms with Crippen molar-refractivity contribution < 1.29 is 4.79 Å². The Morgan fingerprint density at radius 2 is 2.25 bits per heavy atom. The lowest BCUT2D eigenvalue weighted by Crippen LogP contribution is -2.31. The molecule has 1 saturated heterocycles. The molecule has 8 heteroatoms. The van der Waals surface area contributed by atoms with Crippen molar-refractivity contribution in [2.45, 2.75) is 52.1 Å². The lowest BCUT2D eigenvalue weighted by atomic mass is 10.1. The maximum atomic E-state index is 12.6. The molecule has 0 unspecified atom stereocenters. The summed E-state index contributed by atoms with van der Waals surface area (Å²) in [7, 11) is 0. The summed E-state index contributed by atoms with van der Waals surface area (Å²) in [5.74, 6) is -0.189. The molecule has 1 amide bonds. The van der Waals surface area contributed by atoms with Gasteiger partial charge in [0.05, 0.1) is 28.5 Å². The predicted molar refractivity (Wildman–Crippen MR) is 93.3 cm³/mol. The number of hydrogen-bond donors (Lipinski definition) is 2. The van der Waals surface area contributed by atoms with E-state index >= 15 is 0 Å². The van der Waals surface area contributed by atoms with Crippen LogP contribution in [-0.2, 0) is 6.42 Å². The first-order valence-corrected chi connectivity index (χ1v) is 9.35. The summed E-state index contributed by atoms with van der Waals surface area (Å²) < 4.78 is 1.90. The van der Waals surface area contributed by atoms with Gasteiger partial charge in [0.25, 0.3) is 5.91 Å². The van der Waals surface area contributed by atoms with Crippen molar-refractivity contribution in [2.24, 2.45) is 0 Å². The Hall–Kier alpha value is -1.80. The number of nitrogens with one attached hydrogen (secondary N) is 2. The van der Waals surface area contributed by atoms with Crippen LogP contribution in [0.4, 0.5) is 0 Å². The molecule has 0 spiro atoms. The van der Waals surface area contributed by atoms with E-state index in [1.54, 1.807) is 11.3 Å². The molecule has 0 aliphatic carbocycles. The molecule has 3 heterocycles. The summed E-state index contributed by atoms with van der Waals surface area (Å²) in [5.41, 5.74) is 2.14. The smallest absolute Gasteiger partial charge is 0.274 e. The number of amides is 1. The first-order valence-electron chi connectivity index (χ1n) is 8.47. The van der Waals surface area contributed by atoms with Gasteiger partial charge >= 0.3 is 0 Å². The first kappa shape index (κ1) is 17.0. The van der Waals surface area contributed by atoms with Crippen LogP contribution in [0, 0.1) is 6.92 Å². The molecule has 1 aliphatic rings. The van der Waals surface area contributed by atoms with E-state index in [9.17, 15) is 4.79 Å².